The van der Waals surface area contributed by atoms with Gasteiger partial charge in [-0.2, -0.15) is 0 Å². The van der Waals surface area contributed by atoms with Crippen molar-refractivity contribution in [3.05, 3.63) is 58.0 Å². The largest absolute Gasteiger partial charge is 0.396 e. The van der Waals surface area contributed by atoms with Crippen molar-refractivity contribution in [1.29, 1.82) is 0 Å². The van der Waals surface area contributed by atoms with E-state index in [0.717, 1.165) is 12.1 Å². The molecule has 2 N–H and O–H groups in total. The summed E-state index contributed by atoms with van der Waals surface area (Å²) < 4.78 is 37.7. The number of hydrogen-bond acceptors (Lipinski definition) is 6. The highest BCUT2D eigenvalue weighted by Gasteiger charge is 2.21. The van der Waals surface area contributed by atoms with Crippen LogP contribution >= 0.6 is 0 Å². The van der Waals surface area contributed by atoms with Crippen molar-refractivity contribution < 1.29 is 17.7 Å². The van der Waals surface area contributed by atoms with Gasteiger partial charge in [-0.1, -0.05) is 0 Å². The first-order valence-corrected chi connectivity index (χ1v) is 7.32. The van der Waals surface area contributed by atoms with Gasteiger partial charge in [-0.15, -0.1) is 0 Å². The van der Waals surface area contributed by atoms with Crippen LogP contribution in [0, 0.1) is 15.9 Å². The van der Waals surface area contributed by atoms with Crippen molar-refractivity contribution in [3.63, 3.8) is 0 Å². The number of aromatic nitrogens is 1. The van der Waals surface area contributed by atoms with Gasteiger partial charge in [0.25, 0.3) is 5.69 Å². The summed E-state index contributed by atoms with van der Waals surface area (Å²) in [6.07, 6.45) is 1.26. The first-order chi connectivity index (χ1) is 9.79. The molecule has 0 amide bonds. The van der Waals surface area contributed by atoms with Gasteiger partial charge in [0.05, 0.1) is 22.4 Å². The maximum atomic E-state index is 13.3. The number of nitro benzene ring substituents is 1. The summed E-state index contributed by atoms with van der Waals surface area (Å²) in [7, 11) is -3.93. The molecule has 0 radical (unpaired) electrons. The zero-order valence-electron chi connectivity index (χ0n) is 10.6. The monoisotopic (exact) mass is 311 g/mol. The van der Waals surface area contributed by atoms with Crippen molar-refractivity contribution in [3.8, 4) is 0 Å². The van der Waals surface area contributed by atoms with Crippen LogP contribution in [0.25, 0.3) is 0 Å². The second-order valence-electron chi connectivity index (χ2n) is 4.23. The van der Waals surface area contributed by atoms with E-state index in [1.54, 1.807) is 0 Å². The molecule has 2 rings (SSSR count). The summed E-state index contributed by atoms with van der Waals surface area (Å²) in [5.41, 5.74) is 4.94. The SMILES string of the molecule is Nc1cccnc1S(=O)(=O)Cc1cc(F)cc([N+](=O)[O-])c1. The van der Waals surface area contributed by atoms with E-state index in [2.05, 4.69) is 4.98 Å². The lowest BCUT2D eigenvalue weighted by atomic mass is 10.2. The minimum absolute atomic E-state index is 0.0385. The second kappa shape index (κ2) is 5.44. The highest BCUT2D eigenvalue weighted by Crippen LogP contribution is 2.23. The summed E-state index contributed by atoms with van der Waals surface area (Å²) in [5, 5.41) is 10.3. The van der Waals surface area contributed by atoms with Crippen LogP contribution in [-0.4, -0.2) is 18.3 Å². The molecule has 1 aromatic heterocycles. The summed E-state index contributed by atoms with van der Waals surface area (Å²) in [6.45, 7) is 0. The fourth-order valence-corrected chi connectivity index (χ4v) is 3.16. The second-order valence-corrected chi connectivity index (χ2v) is 6.14. The maximum absolute atomic E-state index is 13.3. The molecule has 9 heteroatoms. The average molecular weight is 311 g/mol. The van der Waals surface area contributed by atoms with Gasteiger partial charge < -0.3 is 5.73 Å². The van der Waals surface area contributed by atoms with E-state index >= 15 is 0 Å². The molecule has 0 unspecified atom stereocenters. The Morgan fingerprint density at radius 2 is 2.05 bits per heavy atom. The lowest BCUT2D eigenvalue weighted by Gasteiger charge is -2.06. The topological polar surface area (TPSA) is 116 Å². The Labute approximate surface area is 119 Å². The van der Waals surface area contributed by atoms with Gasteiger partial charge in [0, 0.05) is 12.3 Å². The molecule has 0 saturated carbocycles. The standard InChI is InChI=1S/C12H10FN3O4S/c13-9-4-8(5-10(6-9)16(17)18)7-21(19,20)12-11(14)2-1-3-15-12/h1-6H,7,14H2. The van der Waals surface area contributed by atoms with E-state index in [4.69, 9.17) is 5.73 Å². The molecule has 0 aliphatic rings. The molecule has 0 saturated heterocycles. The molecular weight excluding hydrogens is 301 g/mol. The minimum atomic E-state index is -3.93. The number of halogens is 1. The summed E-state index contributed by atoms with van der Waals surface area (Å²) in [6, 6.07) is 5.48. The Kier molecular flexibility index (Phi) is 3.85. The third kappa shape index (κ3) is 3.31. The molecule has 2 aromatic rings. The van der Waals surface area contributed by atoms with Gasteiger partial charge in [0.1, 0.15) is 5.82 Å². The number of sulfone groups is 1. The predicted octanol–water partition coefficient (Wildman–Crippen LogP) is 1.69. The summed E-state index contributed by atoms with van der Waals surface area (Å²) in [4.78, 5) is 13.5. The number of benzene rings is 1. The number of non-ortho nitro benzene ring substituents is 1. The first-order valence-electron chi connectivity index (χ1n) is 5.67. The number of pyridine rings is 1. The molecule has 0 spiro atoms. The molecule has 0 aliphatic carbocycles. The van der Waals surface area contributed by atoms with Crippen molar-refractivity contribution in [1.82, 2.24) is 4.98 Å². The third-order valence-electron chi connectivity index (χ3n) is 2.61. The van der Waals surface area contributed by atoms with Crippen LogP contribution in [0.3, 0.4) is 0 Å². The van der Waals surface area contributed by atoms with Gasteiger partial charge in [-0.3, -0.25) is 10.1 Å². The molecule has 7 nitrogen and oxygen atoms in total. The molecule has 0 atom stereocenters. The fraction of sp³-hybridized carbons (Fsp3) is 0.0833. The van der Waals surface area contributed by atoms with E-state index in [9.17, 15) is 22.9 Å². The van der Waals surface area contributed by atoms with E-state index < -0.39 is 32.0 Å². The van der Waals surface area contributed by atoms with Crippen LogP contribution in [0.15, 0.2) is 41.6 Å². The third-order valence-corrected chi connectivity index (χ3v) is 4.25. The van der Waals surface area contributed by atoms with Crippen LogP contribution in [0.4, 0.5) is 15.8 Å². The van der Waals surface area contributed by atoms with E-state index in [-0.39, 0.29) is 16.3 Å². The molecule has 0 fully saturated rings. The fourth-order valence-electron chi connectivity index (χ4n) is 1.77. The van der Waals surface area contributed by atoms with E-state index in [0.29, 0.717) is 6.07 Å². The van der Waals surface area contributed by atoms with E-state index in [1.807, 2.05) is 0 Å². The van der Waals surface area contributed by atoms with Crippen molar-refractivity contribution in [2.24, 2.45) is 0 Å². The summed E-state index contributed by atoms with van der Waals surface area (Å²) >= 11 is 0. The van der Waals surface area contributed by atoms with Crippen LogP contribution < -0.4 is 5.73 Å². The van der Waals surface area contributed by atoms with Gasteiger partial charge in [-0.05, 0) is 23.8 Å². The number of anilines is 1. The van der Waals surface area contributed by atoms with Crippen LogP contribution in [0.2, 0.25) is 0 Å². The van der Waals surface area contributed by atoms with Gasteiger partial charge >= 0.3 is 0 Å². The van der Waals surface area contributed by atoms with Crippen molar-refractivity contribution >= 4 is 21.2 Å². The average Bonchev–Trinajstić information content (AvgIpc) is 2.37. The smallest absolute Gasteiger partial charge is 0.272 e. The number of rotatable bonds is 4. The molecule has 110 valence electrons. The number of nitrogen functional groups attached to an aromatic ring is 1. The normalized spacial score (nSPS) is 11.3. The van der Waals surface area contributed by atoms with Crippen molar-refractivity contribution in [2.45, 2.75) is 10.8 Å². The Morgan fingerprint density at radius 3 is 2.67 bits per heavy atom. The quantitative estimate of drug-likeness (QED) is 0.678. The van der Waals surface area contributed by atoms with E-state index in [1.165, 1.54) is 18.3 Å². The summed E-state index contributed by atoms with van der Waals surface area (Å²) in [5.74, 6) is -1.52. The highest BCUT2D eigenvalue weighted by atomic mass is 32.2. The van der Waals surface area contributed by atoms with Gasteiger partial charge in [-0.25, -0.2) is 17.8 Å². The molecule has 1 aromatic carbocycles. The zero-order valence-corrected chi connectivity index (χ0v) is 11.4. The predicted molar refractivity (Wildman–Crippen MR) is 72.6 cm³/mol. The molecular formula is C12H10FN3O4S. The lowest BCUT2D eigenvalue weighted by molar-refractivity contribution is -0.385. The molecule has 0 aliphatic heterocycles. The van der Waals surface area contributed by atoms with Gasteiger partial charge in [0.2, 0.25) is 9.84 Å². The number of nitrogens with two attached hydrogens (primary N) is 1. The molecule has 21 heavy (non-hydrogen) atoms. The zero-order chi connectivity index (χ0) is 15.6. The number of hydrogen-bond donors (Lipinski definition) is 1. The van der Waals surface area contributed by atoms with Crippen molar-refractivity contribution in [2.75, 3.05) is 5.73 Å². The number of nitro groups is 1. The molecule has 1 heterocycles. The number of nitrogens with zero attached hydrogens (tertiary/aromatic N) is 2. The minimum Gasteiger partial charge on any atom is -0.396 e. The molecule has 0 bridgehead atoms. The van der Waals surface area contributed by atoms with Crippen LogP contribution in [0.1, 0.15) is 5.56 Å². The van der Waals surface area contributed by atoms with Crippen LogP contribution in [-0.2, 0) is 15.6 Å². The Hall–Kier alpha value is -2.55. The Bertz CT molecular complexity index is 808. The highest BCUT2D eigenvalue weighted by molar-refractivity contribution is 7.90. The van der Waals surface area contributed by atoms with Gasteiger partial charge in [0.15, 0.2) is 5.03 Å². The maximum Gasteiger partial charge on any atom is 0.272 e. The van der Waals surface area contributed by atoms with Crippen LogP contribution in [0.5, 0.6) is 0 Å². The Balaban J connectivity index is 2.42. The lowest BCUT2D eigenvalue weighted by Crippen LogP contribution is -2.10. The Morgan fingerprint density at radius 1 is 1.33 bits per heavy atom. The first kappa shape index (κ1) is 14.9.